The molecule has 4 heteroatoms. The highest BCUT2D eigenvalue weighted by Crippen LogP contribution is 2.28. The molecule has 0 aliphatic carbocycles. The molecular formula is C13H25N3O. The van der Waals surface area contributed by atoms with Gasteiger partial charge in [-0.3, -0.25) is 9.69 Å². The molecule has 2 unspecified atom stereocenters. The molecular weight excluding hydrogens is 214 g/mol. The molecule has 2 N–H and O–H groups in total. The van der Waals surface area contributed by atoms with Crippen molar-refractivity contribution in [3.63, 3.8) is 0 Å². The molecule has 0 radical (unpaired) electrons. The van der Waals surface area contributed by atoms with Crippen LogP contribution in [0.4, 0.5) is 0 Å². The quantitative estimate of drug-likeness (QED) is 0.793. The predicted molar refractivity (Wildman–Crippen MR) is 68.7 cm³/mol. The van der Waals surface area contributed by atoms with E-state index in [1.54, 1.807) is 0 Å². The van der Waals surface area contributed by atoms with Gasteiger partial charge in [0.25, 0.3) is 0 Å². The summed E-state index contributed by atoms with van der Waals surface area (Å²) in [6.45, 7) is 3.84. The minimum atomic E-state index is -0.290. The molecule has 2 bridgehead atoms. The molecule has 2 fully saturated rings. The van der Waals surface area contributed by atoms with Crippen LogP contribution in [0, 0.1) is 0 Å². The van der Waals surface area contributed by atoms with Crippen molar-refractivity contribution < 1.29 is 4.79 Å². The number of nitrogens with zero attached hydrogens (tertiary/aromatic N) is 2. The molecule has 2 saturated heterocycles. The summed E-state index contributed by atoms with van der Waals surface area (Å²) in [6.07, 6.45) is 5.42. The second kappa shape index (κ2) is 5.36. The summed E-state index contributed by atoms with van der Waals surface area (Å²) in [7, 11) is 2.20. The zero-order chi connectivity index (χ0) is 12.4. The second-order valence-electron chi connectivity index (χ2n) is 5.52. The van der Waals surface area contributed by atoms with Crippen molar-refractivity contribution in [1.29, 1.82) is 0 Å². The van der Waals surface area contributed by atoms with E-state index in [-0.39, 0.29) is 11.9 Å². The Bertz CT molecular complexity index is 282. The first kappa shape index (κ1) is 12.8. The lowest BCUT2D eigenvalue weighted by Gasteiger charge is -2.27. The highest BCUT2D eigenvalue weighted by atomic mass is 16.2. The number of carbonyl (C=O) groups excluding carboxylic acids is 1. The number of likely N-dealkylation sites (tertiary alicyclic amines) is 1. The standard InChI is InChI=1S/C13H25N3O/c1-3-4-12(14)13(17)16-8-7-10-5-6-11(9-16)15(10)2/h10-12H,3-9,14H2,1-2H3/t10?,11?,12-/m1/s1. The minimum Gasteiger partial charge on any atom is -0.340 e. The Balaban J connectivity index is 1.96. The van der Waals surface area contributed by atoms with Crippen LogP contribution >= 0.6 is 0 Å². The van der Waals surface area contributed by atoms with Crippen LogP contribution in [0.2, 0.25) is 0 Å². The summed E-state index contributed by atoms with van der Waals surface area (Å²) in [5.74, 6) is 0.160. The van der Waals surface area contributed by atoms with Gasteiger partial charge in [-0.2, -0.15) is 0 Å². The third kappa shape index (κ3) is 2.63. The van der Waals surface area contributed by atoms with Gasteiger partial charge in [-0.1, -0.05) is 13.3 Å². The van der Waals surface area contributed by atoms with Crippen molar-refractivity contribution >= 4 is 5.91 Å². The van der Waals surface area contributed by atoms with Crippen LogP contribution in [-0.2, 0) is 4.79 Å². The van der Waals surface area contributed by atoms with Gasteiger partial charge in [-0.05, 0) is 32.7 Å². The van der Waals surface area contributed by atoms with Gasteiger partial charge in [-0.15, -0.1) is 0 Å². The maximum atomic E-state index is 12.2. The third-order valence-corrected chi connectivity index (χ3v) is 4.38. The number of fused-ring (bicyclic) bond motifs is 2. The third-order valence-electron chi connectivity index (χ3n) is 4.38. The summed E-state index contributed by atoms with van der Waals surface area (Å²) in [5.41, 5.74) is 5.94. The lowest BCUT2D eigenvalue weighted by molar-refractivity contribution is -0.133. The molecule has 2 aliphatic rings. The van der Waals surface area contributed by atoms with E-state index in [2.05, 4.69) is 18.9 Å². The van der Waals surface area contributed by atoms with Gasteiger partial charge in [0.05, 0.1) is 6.04 Å². The van der Waals surface area contributed by atoms with Gasteiger partial charge in [0.1, 0.15) is 0 Å². The van der Waals surface area contributed by atoms with Crippen LogP contribution in [0.5, 0.6) is 0 Å². The van der Waals surface area contributed by atoms with Crippen LogP contribution < -0.4 is 5.73 Å². The molecule has 0 aromatic carbocycles. The van der Waals surface area contributed by atoms with E-state index < -0.39 is 0 Å². The first-order chi connectivity index (χ1) is 8.13. The SMILES string of the molecule is CCC[C@@H](N)C(=O)N1CCC2CCC(C1)N2C. The van der Waals surface area contributed by atoms with Crippen LogP contribution in [0.3, 0.4) is 0 Å². The number of rotatable bonds is 3. The number of hydrogen-bond acceptors (Lipinski definition) is 3. The van der Waals surface area contributed by atoms with E-state index in [1.807, 2.05) is 4.90 Å². The Hall–Kier alpha value is -0.610. The number of carbonyl (C=O) groups is 1. The van der Waals surface area contributed by atoms with Crippen LogP contribution in [0.1, 0.15) is 39.0 Å². The average molecular weight is 239 g/mol. The zero-order valence-electron chi connectivity index (χ0n) is 11.1. The van der Waals surface area contributed by atoms with Gasteiger partial charge in [0.2, 0.25) is 5.91 Å². The van der Waals surface area contributed by atoms with Gasteiger partial charge in [0.15, 0.2) is 0 Å². The van der Waals surface area contributed by atoms with E-state index in [4.69, 9.17) is 5.73 Å². The maximum Gasteiger partial charge on any atom is 0.239 e. The zero-order valence-corrected chi connectivity index (χ0v) is 11.1. The molecule has 0 aromatic heterocycles. The van der Waals surface area contributed by atoms with Crippen molar-refractivity contribution in [2.24, 2.45) is 5.73 Å². The molecule has 0 aromatic rings. The van der Waals surface area contributed by atoms with Crippen molar-refractivity contribution in [3.8, 4) is 0 Å². The van der Waals surface area contributed by atoms with E-state index in [0.29, 0.717) is 12.1 Å². The fraction of sp³-hybridized carbons (Fsp3) is 0.923. The topological polar surface area (TPSA) is 49.6 Å². The summed E-state index contributed by atoms with van der Waals surface area (Å²) < 4.78 is 0. The predicted octanol–water partition coefficient (Wildman–Crippen LogP) is 0.809. The van der Waals surface area contributed by atoms with Crippen LogP contribution in [0.15, 0.2) is 0 Å². The largest absolute Gasteiger partial charge is 0.340 e. The molecule has 3 atom stereocenters. The first-order valence-electron chi connectivity index (χ1n) is 6.89. The smallest absolute Gasteiger partial charge is 0.239 e. The molecule has 4 nitrogen and oxygen atoms in total. The summed E-state index contributed by atoms with van der Waals surface area (Å²) >= 11 is 0. The van der Waals surface area contributed by atoms with E-state index in [9.17, 15) is 4.79 Å². The van der Waals surface area contributed by atoms with E-state index in [0.717, 1.165) is 32.4 Å². The van der Waals surface area contributed by atoms with Crippen molar-refractivity contribution in [1.82, 2.24) is 9.80 Å². The van der Waals surface area contributed by atoms with E-state index >= 15 is 0 Å². The van der Waals surface area contributed by atoms with Crippen molar-refractivity contribution in [2.45, 2.75) is 57.2 Å². The molecule has 2 heterocycles. The second-order valence-corrected chi connectivity index (χ2v) is 5.52. The fourth-order valence-corrected chi connectivity index (χ4v) is 3.18. The molecule has 2 rings (SSSR count). The fourth-order valence-electron chi connectivity index (χ4n) is 3.18. The minimum absolute atomic E-state index is 0.160. The maximum absolute atomic E-state index is 12.2. The van der Waals surface area contributed by atoms with Gasteiger partial charge in [-0.25, -0.2) is 0 Å². The Kier molecular flexibility index (Phi) is 4.05. The average Bonchev–Trinajstić information content (AvgIpc) is 2.53. The molecule has 0 saturated carbocycles. The number of likely N-dealkylation sites (N-methyl/N-ethyl adjacent to an activating group) is 1. The highest BCUT2D eigenvalue weighted by molar-refractivity contribution is 5.81. The lowest BCUT2D eigenvalue weighted by Crippen LogP contribution is -2.47. The Morgan fingerprint density at radius 3 is 2.76 bits per heavy atom. The molecule has 17 heavy (non-hydrogen) atoms. The summed E-state index contributed by atoms with van der Waals surface area (Å²) in [5, 5.41) is 0. The van der Waals surface area contributed by atoms with Crippen LogP contribution in [0.25, 0.3) is 0 Å². The van der Waals surface area contributed by atoms with Gasteiger partial charge in [0, 0.05) is 25.2 Å². The van der Waals surface area contributed by atoms with Crippen molar-refractivity contribution in [3.05, 3.63) is 0 Å². The normalized spacial score (nSPS) is 31.4. The highest BCUT2D eigenvalue weighted by Gasteiger charge is 2.36. The lowest BCUT2D eigenvalue weighted by atomic mass is 10.1. The Labute approximate surface area is 104 Å². The van der Waals surface area contributed by atoms with Gasteiger partial charge >= 0.3 is 0 Å². The number of nitrogens with two attached hydrogens (primary N) is 1. The molecule has 1 amide bonds. The molecule has 2 aliphatic heterocycles. The molecule has 0 spiro atoms. The van der Waals surface area contributed by atoms with E-state index in [1.165, 1.54) is 12.8 Å². The summed E-state index contributed by atoms with van der Waals surface area (Å²) in [4.78, 5) is 16.7. The molecule has 98 valence electrons. The monoisotopic (exact) mass is 239 g/mol. The summed E-state index contributed by atoms with van der Waals surface area (Å²) in [6, 6.07) is 0.947. The Morgan fingerprint density at radius 1 is 1.35 bits per heavy atom. The van der Waals surface area contributed by atoms with Gasteiger partial charge < -0.3 is 10.6 Å². The Morgan fingerprint density at radius 2 is 2.06 bits per heavy atom. The first-order valence-corrected chi connectivity index (χ1v) is 6.89. The van der Waals surface area contributed by atoms with Crippen molar-refractivity contribution in [2.75, 3.05) is 20.1 Å². The number of hydrogen-bond donors (Lipinski definition) is 1. The number of amides is 1. The van der Waals surface area contributed by atoms with Crippen LogP contribution in [-0.4, -0.2) is 54.0 Å².